The van der Waals surface area contributed by atoms with Crippen molar-refractivity contribution in [2.45, 2.75) is 27.0 Å². The van der Waals surface area contributed by atoms with Gasteiger partial charge in [-0.1, -0.05) is 53.5 Å². The molecule has 0 heterocycles. The van der Waals surface area contributed by atoms with E-state index in [1.807, 2.05) is 42.5 Å². The van der Waals surface area contributed by atoms with E-state index in [-0.39, 0.29) is 0 Å². The van der Waals surface area contributed by atoms with Crippen molar-refractivity contribution in [2.75, 3.05) is 5.32 Å². The summed E-state index contributed by atoms with van der Waals surface area (Å²) in [6.45, 7) is 5.31. The molecule has 0 spiro atoms. The lowest BCUT2D eigenvalue weighted by Gasteiger charge is -2.12. The summed E-state index contributed by atoms with van der Waals surface area (Å²) in [6.07, 6.45) is 0. The van der Waals surface area contributed by atoms with Gasteiger partial charge in [0.2, 0.25) is 0 Å². The molecule has 0 aliphatic rings. The molecule has 0 saturated heterocycles. The molecule has 2 nitrogen and oxygen atoms in total. The summed E-state index contributed by atoms with van der Waals surface area (Å²) in [5.41, 5.74) is 5.70. The van der Waals surface area contributed by atoms with Gasteiger partial charge in [0.15, 0.2) is 0 Å². The molecule has 1 N–H and O–H groups in total. The van der Waals surface area contributed by atoms with Gasteiger partial charge in [0.25, 0.3) is 0 Å². The Bertz CT molecular complexity index is 908. The number of anilines is 1. The lowest BCUT2D eigenvalue weighted by Crippen LogP contribution is -2.01. The van der Waals surface area contributed by atoms with E-state index in [9.17, 15) is 0 Å². The summed E-state index contributed by atoms with van der Waals surface area (Å²) in [6, 6.07) is 19.8. The molecule has 0 saturated carbocycles. The van der Waals surface area contributed by atoms with Crippen molar-refractivity contribution in [1.29, 1.82) is 0 Å². The van der Waals surface area contributed by atoms with Crippen molar-refractivity contribution in [3.63, 3.8) is 0 Å². The predicted octanol–water partition coefficient (Wildman–Crippen LogP) is 6.80. The fraction of sp³-hybridized carbons (Fsp3) is 0.182. The molecule has 0 unspecified atom stereocenters. The number of halogens is 2. The minimum Gasteiger partial charge on any atom is -0.487 e. The standard InChI is InChI=1S/C22H21Cl2NO/c1-15-7-9-19(11-16(15)2)25-13-17-8-10-22(21(24)12-17)26-14-18-5-3-4-6-20(18)23/h3-12,25H,13-14H2,1-2H3. The van der Waals surface area contributed by atoms with Crippen molar-refractivity contribution in [2.24, 2.45) is 0 Å². The van der Waals surface area contributed by atoms with Crippen LogP contribution in [0.25, 0.3) is 0 Å². The highest BCUT2D eigenvalue weighted by atomic mass is 35.5. The van der Waals surface area contributed by atoms with E-state index in [0.717, 1.165) is 16.8 Å². The van der Waals surface area contributed by atoms with E-state index in [1.165, 1.54) is 11.1 Å². The van der Waals surface area contributed by atoms with Crippen LogP contribution in [0.3, 0.4) is 0 Å². The van der Waals surface area contributed by atoms with Gasteiger partial charge >= 0.3 is 0 Å². The average molecular weight is 386 g/mol. The Morgan fingerprint density at radius 3 is 2.38 bits per heavy atom. The lowest BCUT2D eigenvalue weighted by atomic mass is 10.1. The topological polar surface area (TPSA) is 21.3 Å². The second-order valence-corrected chi connectivity index (χ2v) is 7.11. The molecule has 0 aliphatic heterocycles. The molecule has 0 amide bonds. The minimum absolute atomic E-state index is 0.389. The van der Waals surface area contributed by atoms with Gasteiger partial charge in [0, 0.05) is 22.8 Å². The summed E-state index contributed by atoms with van der Waals surface area (Å²) >= 11 is 12.5. The van der Waals surface area contributed by atoms with Crippen LogP contribution >= 0.6 is 23.2 Å². The van der Waals surface area contributed by atoms with Crippen molar-refractivity contribution in [3.05, 3.63) is 93.0 Å². The second kappa shape index (κ2) is 8.48. The quantitative estimate of drug-likeness (QED) is 0.503. The monoisotopic (exact) mass is 385 g/mol. The first kappa shape index (κ1) is 18.6. The fourth-order valence-corrected chi connectivity index (χ4v) is 3.05. The number of ether oxygens (including phenoxy) is 1. The van der Waals surface area contributed by atoms with E-state index >= 15 is 0 Å². The summed E-state index contributed by atoms with van der Waals surface area (Å²) in [7, 11) is 0. The molecule has 3 rings (SSSR count). The second-order valence-electron chi connectivity index (χ2n) is 6.30. The fourth-order valence-electron chi connectivity index (χ4n) is 2.60. The summed E-state index contributed by atoms with van der Waals surface area (Å²) in [4.78, 5) is 0. The number of benzene rings is 3. The number of hydrogen-bond acceptors (Lipinski definition) is 2. The Morgan fingerprint density at radius 2 is 1.65 bits per heavy atom. The SMILES string of the molecule is Cc1ccc(NCc2ccc(OCc3ccccc3Cl)c(Cl)c2)cc1C. The van der Waals surface area contributed by atoms with Crippen LogP contribution in [0.2, 0.25) is 10.0 Å². The van der Waals surface area contributed by atoms with Crippen LogP contribution in [-0.4, -0.2) is 0 Å². The molecule has 0 fully saturated rings. The first-order valence-electron chi connectivity index (χ1n) is 8.48. The number of aryl methyl sites for hydroxylation is 2. The van der Waals surface area contributed by atoms with Gasteiger partial charge in [-0.3, -0.25) is 0 Å². The average Bonchev–Trinajstić information content (AvgIpc) is 2.63. The third kappa shape index (κ3) is 4.72. The Balaban J connectivity index is 1.61. The molecule has 134 valence electrons. The van der Waals surface area contributed by atoms with Crippen LogP contribution in [-0.2, 0) is 13.2 Å². The molecule has 4 heteroatoms. The molecule has 0 radical (unpaired) electrons. The van der Waals surface area contributed by atoms with Gasteiger partial charge in [-0.25, -0.2) is 0 Å². The van der Waals surface area contributed by atoms with Crippen LogP contribution < -0.4 is 10.1 Å². The highest BCUT2D eigenvalue weighted by molar-refractivity contribution is 6.32. The van der Waals surface area contributed by atoms with Crippen molar-refractivity contribution in [1.82, 2.24) is 0 Å². The van der Waals surface area contributed by atoms with Crippen LogP contribution in [0.5, 0.6) is 5.75 Å². The highest BCUT2D eigenvalue weighted by Crippen LogP contribution is 2.28. The zero-order valence-corrected chi connectivity index (χ0v) is 16.4. The molecular formula is C22H21Cl2NO. The zero-order chi connectivity index (χ0) is 18.5. The van der Waals surface area contributed by atoms with Gasteiger partial charge in [-0.05, 0) is 60.9 Å². The molecule has 26 heavy (non-hydrogen) atoms. The smallest absolute Gasteiger partial charge is 0.138 e. The first-order chi connectivity index (χ1) is 12.5. The predicted molar refractivity (Wildman–Crippen MR) is 110 cm³/mol. The summed E-state index contributed by atoms with van der Waals surface area (Å²) in [5.74, 6) is 0.654. The number of nitrogens with one attached hydrogen (secondary N) is 1. The molecular weight excluding hydrogens is 365 g/mol. The number of rotatable bonds is 6. The van der Waals surface area contributed by atoms with Gasteiger partial charge in [0.05, 0.1) is 5.02 Å². The Kier molecular flexibility index (Phi) is 6.08. The van der Waals surface area contributed by atoms with Gasteiger partial charge < -0.3 is 10.1 Å². The molecule has 0 aliphatic carbocycles. The molecule has 0 aromatic heterocycles. The first-order valence-corrected chi connectivity index (χ1v) is 9.24. The highest BCUT2D eigenvalue weighted by Gasteiger charge is 2.06. The largest absolute Gasteiger partial charge is 0.487 e. The molecule has 3 aromatic rings. The van der Waals surface area contributed by atoms with Gasteiger partial charge in [-0.2, -0.15) is 0 Å². The summed E-state index contributed by atoms with van der Waals surface area (Å²) in [5, 5.41) is 4.71. The zero-order valence-electron chi connectivity index (χ0n) is 14.9. The molecule has 3 aromatic carbocycles. The normalized spacial score (nSPS) is 10.6. The number of hydrogen-bond donors (Lipinski definition) is 1. The summed E-state index contributed by atoms with van der Waals surface area (Å²) < 4.78 is 5.81. The maximum Gasteiger partial charge on any atom is 0.138 e. The maximum atomic E-state index is 6.38. The Hall–Kier alpha value is -2.16. The lowest BCUT2D eigenvalue weighted by molar-refractivity contribution is 0.306. The Morgan fingerprint density at radius 1 is 0.846 bits per heavy atom. The molecule has 0 bridgehead atoms. The molecule has 0 atom stereocenters. The third-order valence-corrected chi connectivity index (χ3v) is 5.00. The van der Waals surface area contributed by atoms with E-state index in [0.29, 0.717) is 28.9 Å². The Labute approximate surface area is 164 Å². The van der Waals surface area contributed by atoms with E-state index < -0.39 is 0 Å². The minimum atomic E-state index is 0.389. The van der Waals surface area contributed by atoms with E-state index in [4.69, 9.17) is 27.9 Å². The van der Waals surface area contributed by atoms with Crippen molar-refractivity contribution in [3.8, 4) is 5.75 Å². The van der Waals surface area contributed by atoms with Crippen LogP contribution in [0.15, 0.2) is 60.7 Å². The van der Waals surface area contributed by atoms with Gasteiger partial charge in [-0.15, -0.1) is 0 Å². The van der Waals surface area contributed by atoms with Crippen LogP contribution in [0, 0.1) is 13.8 Å². The van der Waals surface area contributed by atoms with Crippen molar-refractivity contribution >= 4 is 28.9 Å². The van der Waals surface area contributed by atoms with Gasteiger partial charge in [0.1, 0.15) is 12.4 Å². The maximum absolute atomic E-state index is 6.38. The van der Waals surface area contributed by atoms with Crippen LogP contribution in [0.4, 0.5) is 5.69 Å². The van der Waals surface area contributed by atoms with Crippen molar-refractivity contribution < 1.29 is 4.74 Å². The third-order valence-electron chi connectivity index (χ3n) is 4.34. The van der Waals surface area contributed by atoms with E-state index in [2.05, 4.69) is 37.4 Å². The van der Waals surface area contributed by atoms with E-state index in [1.54, 1.807) is 0 Å². The van der Waals surface area contributed by atoms with Crippen LogP contribution in [0.1, 0.15) is 22.3 Å².